The third-order valence-corrected chi connectivity index (χ3v) is 2.87. The topological polar surface area (TPSA) is 12.0 Å². The van der Waals surface area contributed by atoms with E-state index in [2.05, 4.69) is 5.32 Å². The van der Waals surface area contributed by atoms with Crippen LogP contribution in [0.4, 0.5) is 8.78 Å². The Morgan fingerprint density at radius 2 is 1.72 bits per heavy atom. The molecule has 0 amide bonds. The smallest absolute Gasteiger partial charge is 0.123 e. The second-order valence-electron chi connectivity index (χ2n) is 4.28. The Kier molecular flexibility index (Phi) is 4.05. The molecule has 0 aliphatic carbocycles. The quantitative estimate of drug-likeness (QED) is 0.866. The molecule has 1 N–H and O–H groups in total. The molecule has 0 bridgehead atoms. The van der Waals surface area contributed by atoms with Gasteiger partial charge >= 0.3 is 0 Å². The minimum absolute atomic E-state index is 0.0470. The molecule has 0 fully saturated rings. The summed E-state index contributed by atoms with van der Waals surface area (Å²) in [6, 6.07) is 12.9. The lowest BCUT2D eigenvalue weighted by molar-refractivity contribution is 0.563. The van der Waals surface area contributed by atoms with Crippen LogP contribution >= 0.6 is 0 Å². The molecule has 2 aromatic rings. The zero-order valence-electron chi connectivity index (χ0n) is 10.2. The van der Waals surface area contributed by atoms with Gasteiger partial charge in [-0.2, -0.15) is 0 Å². The van der Waals surface area contributed by atoms with Gasteiger partial charge in [-0.1, -0.05) is 24.3 Å². The molecule has 18 heavy (non-hydrogen) atoms. The number of rotatable bonds is 4. The van der Waals surface area contributed by atoms with Gasteiger partial charge in [-0.3, -0.25) is 0 Å². The molecule has 0 unspecified atom stereocenters. The van der Waals surface area contributed by atoms with Crippen LogP contribution in [0.2, 0.25) is 0 Å². The SMILES string of the molecule is C[C@H](NCc1ccc(F)cc1)c1cccc(F)c1. The Morgan fingerprint density at radius 1 is 1.00 bits per heavy atom. The summed E-state index contributed by atoms with van der Waals surface area (Å²) < 4.78 is 25.8. The lowest BCUT2D eigenvalue weighted by Crippen LogP contribution is -2.18. The van der Waals surface area contributed by atoms with Crippen LogP contribution in [-0.4, -0.2) is 0 Å². The van der Waals surface area contributed by atoms with Crippen LogP contribution in [0.5, 0.6) is 0 Å². The van der Waals surface area contributed by atoms with E-state index in [1.54, 1.807) is 18.2 Å². The Morgan fingerprint density at radius 3 is 2.39 bits per heavy atom. The molecule has 1 atom stereocenters. The highest BCUT2D eigenvalue weighted by molar-refractivity contribution is 5.20. The van der Waals surface area contributed by atoms with Crippen molar-refractivity contribution in [2.75, 3.05) is 0 Å². The van der Waals surface area contributed by atoms with Crippen LogP contribution in [0, 0.1) is 11.6 Å². The summed E-state index contributed by atoms with van der Waals surface area (Å²) in [5, 5.41) is 3.27. The number of hydrogen-bond donors (Lipinski definition) is 1. The highest BCUT2D eigenvalue weighted by Crippen LogP contribution is 2.14. The third-order valence-electron chi connectivity index (χ3n) is 2.87. The van der Waals surface area contributed by atoms with Crippen LogP contribution in [-0.2, 0) is 6.54 Å². The number of benzene rings is 2. The predicted octanol–water partition coefficient (Wildman–Crippen LogP) is 3.82. The lowest BCUT2D eigenvalue weighted by Gasteiger charge is -2.14. The Hall–Kier alpha value is -1.74. The van der Waals surface area contributed by atoms with E-state index in [4.69, 9.17) is 0 Å². The second kappa shape index (κ2) is 5.74. The van der Waals surface area contributed by atoms with Crippen molar-refractivity contribution < 1.29 is 8.78 Å². The highest BCUT2D eigenvalue weighted by atomic mass is 19.1. The average molecular weight is 247 g/mol. The van der Waals surface area contributed by atoms with Gasteiger partial charge < -0.3 is 5.32 Å². The molecule has 0 saturated carbocycles. The van der Waals surface area contributed by atoms with Crippen molar-refractivity contribution in [2.24, 2.45) is 0 Å². The van der Waals surface area contributed by atoms with Crippen molar-refractivity contribution in [3.8, 4) is 0 Å². The van der Waals surface area contributed by atoms with Crippen molar-refractivity contribution in [3.63, 3.8) is 0 Å². The average Bonchev–Trinajstić information content (AvgIpc) is 2.38. The summed E-state index contributed by atoms with van der Waals surface area (Å²) in [5.41, 5.74) is 1.90. The van der Waals surface area contributed by atoms with Crippen LogP contribution in [0.25, 0.3) is 0 Å². The fourth-order valence-corrected chi connectivity index (χ4v) is 1.77. The van der Waals surface area contributed by atoms with E-state index in [1.165, 1.54) is 24.3 Å². The Labute approximate surface area is 105 Å². The Balaban J connectivity index is 1.96. The largest absolute Gasteiger partial charge is 0.306 e. The number of nitrogens with one attached hydrogen (secondary N) is 1. The molecule has 0 saturated heterocycles. The zero-order chi connectivity index (χ0) is 13.0. The standard InChI is InChI=1S/C15H15F2N/c1-11(13-3-2-4-15(17)9-13)18-10-12-5-7-14(16)8-6-12/h2-9,11,18H,10H2,1H3/t11-/m0/s1. The van der Waals surface area contributed by atoms with Gasteiger partial charge in [0.25, 0.3) is 0 Å². The first-order valence-corrected chi connectivity index (χ1v) is 5.88. The summed E-state index contributed by atoms with van der Waals surface area (Å²) in [4.78, 5) is 0. The molecule has 0 spiro atoms. The van der Waals surface area contributed by atoms with E-state index >= 15 is 0 Å². The maximum Gasteiger partial charge on any atom is 0.123 e. The van der Waals surface area contributed by atoms with Crippen molar-refractivity contribution in [2.45, 2.75) is 19.5 Å². The van der Waals surface area contributed by atoms with Crippen LogP contribution in [0.15, 0.2) is 48.5 Å². The van der Waals surface area contributed by atoms with Crippen molar-refractivity contribution in [1.82, 2.24) is 5.32 Å². The molecule has 0 radical (unpaired) electrons. The molecule has 0 aliphatic rings. The van der Waals surface area contributed by atoms with Crippen LogP contribution in [0.1, 0.15) is 24.1 Å². The minimum Gasteiger partial charge on any atom is -0.306 e. The summed E-state index contributed by atoms with van der Waals surface area (Å²) in [6.07, 6.45) is 0. The fourth-order valence-electron chi connectivity index (χ4n) is 1.77. The molecule has 0 aromatic heterocycles. The normalized spacial score (nSPS) is 12.4. The van der Waals surface area contributed by atoms with Gasteiger partial charge in [-0.25, -0.2) is 8.78 Å². The molecule has 0 aliphatic heterocycles. The second-order valence-corrected chi connectivity index (χ2v) is 4.28. The van der Waals surface area contributed by atoms with E-state index in [1.807, 2.05) is 13.0 Å². The molecule has 2 aromatic carbocycles. The molecule has 94 valence electrons. The van der Waals surface area contributed by atoms with E-state index in [9.17, 15) is 8.78 Å². The summed E-state index contributed by atoms with van der Waals surface area (Å²) in [7, 11) is 0. The van der Waals surface area contributed by atoms with Gasteiger partial charge in [-0.05, 0) is 42.3 Å². The first-order chi connectivity index (χ1) is 8.65. The van der Waals surface area contributed by atoms with Gasteiger partial charge in [0.05, 0.1) is 0 Å². The molecule has 3 heteroatoms. The van der Waals surface area contributed by atoms with Gasteiger partial charge in [0, 0.05) is 12.6 Å². The molecular formula is C15H15F2N. The van der Waals surface area contributed by atoms with E-state index < -0.39 is 0 Å². The van der Waals surface area contributed by atoms with E-state index in [0.29, 0.717) is 6.54 Å². The first kappa shape index (κ1) is 12.7. The molecule has 1 nitrogen and oxygen atoms in total. The predicted molar refractivity (Wildman–Crippen MR) is 68.1 cm³/mol. The van der Waals surface area contributed by atoms with Crippen LogP contribution < -0.4 is 5.32 Å². The molecule has 2 rings (SSSR count). The first-order valence-electron chi connectivity index (χ1n) is 5.88. The third kappa shape index (κ3) is 3.37. The van der Waals surface area contributed by atoms with E-state index in [0.717, 1.165) is 11.1 Å². The Bertz CT molecular complexity index is 508. The van der Waals surface area contributed by atoms with E-state index in [-0.39, 0.29) is 17.7 Å². The lowest BCUT2D eigenvalue weighted by atomic mass is 10.1. The highest BCUT2D eigenvalue weighted by Gasteiger charge is 2.05. The van der Waals surface area contributed by atoms with Gasteiger partial charge in [0.2, 0.25) is 0 Å². The maximum atomic E-state index is 13.1. The molecule has 0 heterocycles. The van der Waals surface area contributed by atoms with Crippen molar-refractivity contribution in [3.05, 3.63) is 71.3 Å². The van der Waals surface area contributed by atoms with Gasteiger partial charge in [-0.15, -0.1) is 0 Å². The number of hydrogen-bond acceptors (Lipinski definition) is 1. The van der Waals surface area contributed by atoms with Crippen molar-refractivity contribution in [1.29, 1.82) is 0 Å². The number of halogens is 2. The summed E-state index contributed by atoms with van der Waals surface area (Å²) >= 11 is 0. The van der Waals surface area contributed by atoms with Crippen molar-refractivity contribution >= 4 is 0 Å². The zero-order valence-corrected chi connectivity index (χ0v) is 10.2. The maximum absolute atomic E-state index is 13.1. The fraction of sp³-hybridized carbons (Fsp3) is 0.200. The molecular weight excluding hydrogens is 232 g/mol. The summed E-state index contributed by atoms with van der Waals surface area (Å²) in [5.74, 6) is -0.472. The van der Waals surface area contributed by atoms with Crippen LogP contribution in [0.3, 0.4) is 0 Å². The minimum atomic E-state index is -0.239. The van der Waals surface area contributed by atoms with Gasteiger partial charge in [0.1, 0.15) is 11.6 Å². The monoisotopic (exact) mass is 247 g/mol. The van der Waals surface area contributed by atoms with Gasteiger partial charge in [0.15, 0.2) is 0 Å². The summed E-state index contributed by atoms with van der Waals surface area (Å²) in [6.45, 7) is 2.59.